The molecule has 1 aromatic heterocycles. The van der Waals surface area contributed by atoms with E-state index in [0.29, 0.717) is 0 Å². The van der Waals surface area contributed by atoms with E-state index in [4.69, 9.17) is 0 Å². The van der Waals surface area contributed by atoms with Crippen LogP contribution in [0.5, 0.6) is 0 Å². The molecular weight excluding hydrogens is 228 g/mol. The Labute approximate surface area is 102 Å². The van der Waals surface area contributed by atoms with Gasteiger partial charge in [0.1, 0.15) is 8.07 Å². The van der Waals surface area contributed by atoms with Crippen molar-refractivity contribution in [1.82, 2.24) is 0 Å². The summed E-state index contributed by atoms with van der Waals surface area (Å²) in [7, 11) is -1.36. The third kappa shape index (κ3) is 1.09. The van der Waals surface area contributed by atoms with Gasteiger partial charge in [-0.3, -0.25) is 0 Å². The molecule has 0 saturated carbocycles. The van der Waals surface area contributed by atoms with Crippen LogP contribution in [0.4, 0.5) is 0 Å². The maximum Gasteiger partial charge on any atom is 0.120 e. The summed E-state index contributed by atoms with van der Waals surface area (Å²) in [5.41, 5.74) is 1.53. The Hall–Kier alpha value is -0.863. The Bertz CT molecular complexity index is 523. The average Bonchev–Trinajstić information content (AvgIpc) is 2.89. The van der Waals surface area contributed by atoms with Gasteiger partial charge in [-0.25, -0.2) is 0 Å². The Morgan fingerprint density at radius 1 is 1.00 bits per heavy atom. The lowest BCUT2D eigenvalue weighted by molar-refractivity contribution is 1.30. The molecule has 0 saturated heterocycles. The minimum atomic E-state index is -1.36. The standard InChI is InChI=1S/C14H16SSi/c1-3-16(4-2)12-8-6-5-7-11(12)14-13(16)9-10-15-14/h5-10H,3-4H2,1-2H3. The van der Waals surface area contributed by atoms with Crippen molar-refractivity contribution in [3.63, 3.8) is 0 Å². The first kappa shape index (κ1) is 10.3. The molecule has 0 N–H and O–H groups in total. The van der Waals surface area contributed by atoms with Gasteiger partial charge in [-0.05, 0) is 21.3 Å². The summed E-state index contributed by atoms with van der Waals surface area (Å²) in [6, 6.07) is 14.1. The molecule has 2 heteroatoms. The highest BCUT2D eigenvalue weighted by Gasteiger charge is 2.42. The summed E-state index contributed by atoms with van der Waals surface area (Å²) >= 11 is 1.92. The van der Waals surface area contributed by atoms with Crippen molar-refractivity contribution < 1.29 is 0 Å². The predicted molar refractivity (Wildman–Crippen MR) is 75.7 cm³/mol. The van der Waals surface area contributed by atoms with Crippen LogP contribution in [0.25, 0.3) is 10.4 Å². The van der Waals surface area contributed by atoms with Crippen molar-refractivity contribution in [3.05, 3.63) is 35.7 Å². The Morgan fingerprint density at radius 2 is 1.75 bits per heavy atom. The molecular formula is C14H16SSi. The van der Waals surface area contributed by atoms with E-state index >= 15 is 0 Å². The van der Waals surface area contributed by atoms with Gasteiger partial charge in [0.05, 0.1) is 0 Å². The zero-order valence-electron chi connectivity index (χ0n) is 9.79. The van der Waals surface area contributed by atoms with Gasteiger partial charge in [0.2, 0.25) is 0 Å². The number of thiophene rings is 1. The van der Waals surface area contributed by atoms with Gasteiger partial charge in [0, 0.05) is 4.88 Å². The van der Waals surface area contributed by atoms with E-state index in [1.54, 1.807) is 15.3 Å². The van der Waals surface area contributed by atoms with Crippen molar-refractivity contribution in [2.24, 2.45) is 0 Å². The second kappa shape index (κ2) is 3.57. The quantitative estimate of drug-likeness (QED) is 0.711. The second-order valence-corrected chi connectivity index (χ2v) is 10.1. The molecule has 0 radical (unpaired) electrons. The minimum absolute atomic E-state index is 1.34. The van der Waals surface area contributed by atoms with E-state index in [0.717, 1.165) is 0 Å². The summed E-state index contributed by atoms with van der Waals surface area (Å²) in [4.78, 5) is 1.56. The number of hydrogen-bond acceptors (Lipinski definition) is 1. The van der Waals surface area contributed by atoms with Crippen LogP contribution in [0.2, 0.25) is 12.1 Å². The van der Waals surface area contributed by atoms with Gasteiger partial charge in [-0.15, -0.1) is 11.3 Å². The lowest BCUT2D eigenvalue weighted by Crippen LogP contribution is -2.53. The van der Waals surface area contributed by atoms with Crippen molar-refractivity contribution >= 4 is 29.8 Å². The highest BCUT2D eigenvalue weighted by Crippen LogP contribution is 2.35. The number of benzene rings is 1. The topological polar surface area (TPSA) is 0 Å². The van der Waals surface area contributed by atoms with Crippen LogP contribution in [0.3, 0.4) is 0 Å². The van der Waals surface area contributed by atoms with Crippen molar-refractivity contribution in [1.29, 1.82) is 0 Å². The number of rotatable bonds is 2. The molecule has 3 rings (SSSR count). The Morgan fingerprint density at radius 3 is 2.50 bits per heavy atom. The first-order valence-corrected chi connectivity index (χ1v) is 9.30. The monoisotopic (exact) mass is 244 g/mol. The van der Waals surface area contributed by atoms with Crippen LogP contribution < -0.4 is 10.4 Å². The first-order valence-electron chi connectivity index (χ1n) is 6.01. The molecule has 2 aromatic rings. The molecule has 1 aliphatic heterocycles. The van der Waals surface area contributed by atoms with E-state index < -0.39 is 8.07 Å². The fraction of sp³-hybridized carbons (Fsp3) is 0.286. The summed E-state index contributed by atoms with van der Waals surface area (Å²) in [6.07, 6.45) is 0. The van der Waals surface area contributed by atoms with Crippen molar-refractivity contribution in [2.75, 3.05) is 0 Å². The highest BCUT2D eigenvalue weighted by atomic mass is 32.1. The van der Waals surface area contributed by atoms with Crippen molar-refractivity contribution in [3.8, 4) is 10.4 Å². The number of fused-ring (bicyclic) bond motifs is 3. The summed E-state index contributed by atoms with van der Waals surface area (Å²) in [5, 5.41) is 5.65. The second-order valence-electron chi connectivity index (χ2n) is 4.50. The van der Waals surface area contributed by atoms with Crippen LogP contribution in [0.1, 0.15) is 13.8 Å². The van der Waals surface area contributed by atoms with Crippen LogP contribution in [-0.4, -0.2) is 8.07 Å². The zero-order valence-corrected chi connectivity index (χ0v) is 11.6. The van der Waals surface area contributed by atoms with E-state index in [2.05, 4.69) is 49.6 Å². The molecule has 82 valence electrons. The summed E-state index contributed by atoms with van der Waals surface area (Å²) in [5.74, 6) is 0. The van der Waals surface area contributed by atoms with Gasteiger partial charge in [0.15, 0.2) is 0 Å². The largest absolute Gasteiger partial charge is 0.144 e. The minimum Gasteiger partial charge on any atom is -0.144 e. The summed E-state index contributed by atoms with van der Waals surface area (Å²) < 4.78 is 0. The highest BCUT2D eigenvalue weighted by molar-refractivity contribution is 7.20. The first-order chi connectivity index (χ1) is 7.83. The third-order valence-corrected chi connectivity index (χ3v) is 10.5. The van der Waals surface area contributed by atoms with Gasteiger partial charge in [0.25, 0.3) is 0 Å². The van der Waals surface area contributed by atoms with E-state index in [-0.39, 0.29) is 0 Å². The van der Waals surface area contributed by atoms with Gasteiger partial charge in [-0.2, -0.15) is 0 Å². The number of hydrogen-bond donors (Lipinski definition) is 0. The fourth-order valence-corrected chi connectivity index (χ4v) is 9.39. The van der Waals surface area contributed by atoms with Crippen LogP contribution in [0, 0.1) is 0 Å². The van der Waals surface area contributed by atoms with E-state index in [1.165, 1.54) is 17.7 Å². The van der Waals surface area contributed by atoms with Gasteiger partial charge in [-0.1, -0.05) is 56.3 Å². The van der Waals surface area contributed by atoms with Crippen LogP contribution >= 0.6 is 11.3 Å². The molecule has 0 atom stereocenters. The summed E-state index contributed by atoms with van der Waals surface area (Å²) in [6.45, 7) is 4.75. The molecule has 0 nitrogen and oxygen atoms in total. The molecule has 0 bridgehead atoms. The van der Waals surface area contributed by atoms with Crippen molar-refractivity contribution in [2.45, 2.75) is 25.9 Å². The van der Waals surface area contributed by atoms with Crippen LogP contribution in [0.15, 0.2) is 35.7 Å². The third-order valence-electron chi connectivity index (χ3n) is 4.08. The van der Waals surface area contributed by atoms with E-state index in [1.807, 2.05) is 11.3 Å². The lowest BCUT2D eigenvalue weighted by Gasteiger charge is -2.25. The van der Waals surface area contributed by atoms with Gasteiger partial charge < -0.3 is 0 Å². The molecule has 0 fully saturated rings. The molecule has 0 amide bonds. The Balaban J connectivity index is 2.36. The Kier molecular flexibility index (Phi) is 2.30. The molecule has 16 heavy (non-hydrogen) atoms. The smallest absolute Gasteiger partial charge is 0.120 e. The van der Waals surface area contributed by atoms with E-state index in [9.17, 15) is 0 Å². The zero-order chi connectivity index (χ0) is 11.2. The fourth-order valence-electron chi connectivity index (χ4n) is 3.15. The molecule has 1 aromatic carbocycles. The lowest BCUT2D eigenvalue weighted by atomic mass is 10.2. The average molecular weight is 244 g/mol. The molecule has 0 unspecified atom stereocenters. The van der Waals surface area contributed by atoms with Gasteiger partial charge >= 0.3 is 0 Å². The predicted octanol–water partition coefficient (Wildman–Crippen LogP) is 3.33. The maximum atomic E-state index is 2.39. The maximum absolute atomic E-state index is 2.39. The molecule has 2 heterocycles. The molecule has 0 aliphatic carbocycles. The SMILES string of the molecule is CC[Si]1(CC)c2ccccc2-c2sccc21. The van der Waals surface area contributed by atoms with Crippen LogP contribution in [-0.2, 0) is 0 Å². The molecule has 0 spiro atoms. The normalized spacial score (nSPS) is 15.9. The molecule has 1 aliphatic rings.